The van der Waals surface area contributed by atoms with Gasteiger partial charge in [-0.3, -0.25) is 4.90 Å². The van der Waals surface area contributed by atoms with Crippen LogP contribution in [0.25, 0.3) is 5.69 Å². The molecular formula is C20H25N3O3. The molecule has 2 aromatic heterocycles. The standard InChI is InChI=1S/C20H25N3O3/c1-3-16(15-24)22(13-19-5-4-12-26-19)14-20-21-10-11-23(20)17-6-8-18(25-2)9-7-17/h4-12,16,24H,3,13-15H2,1-2H3. The predicted molar refractivity (Wildman–Crippen MR) is 99.2 cm³/mol. The molecule has 0 saturated heterocycles. The number of rotatable bonds is 9. The molecule has 0 aliphatic carbocycles. The lowest BCUT2D eigenvalue weighted by molar-refractivity contribution is 0.0971. The summed E-state index contributed by atoms with van der Waals surface area (Å²) < 4.78 is 12.8. The molecule has 26 heavy (non-hydrogen) atoms. The normalized spacial score (nSPS) is 12.5. The van der Waals surface area contributed by atoms with E-state index in [0.717, 1.165) is 29.4 Å². The minimum atomic E-state index is 0.0427. The van der Waals surface area contributed by atoms with Gasteiger partial charge < -0.3 is 18.8 Å². The molecule has 0 amide bonds. The highest BCUT2D eigenvalue weighted by Gasteiger charge is 2.20. The molecule has 6 nitrogen and oxygen atoms in total. The third-order valence-electron chi connectivity index (χ3n) is 4.55. The van der Waals surface area contributed by atoms with Crippen LogP contribution in [0.5, 0.6) is 5.75 Å². The topological polar surface area (TPSA) is 63.7 Å². The first-order valence-corrected chi connectivity index (χ1v) is 8.79. The van der Waals surface area contributed by atoms with E-state index >= 15 is 0 Å². The number of furan rings is 1. The Hall–Kier alpha value is -2.57. The number of benzene rings is 1. The van der Waals surface area contributed by atoms with Crippen molar-refractivity contribution >= 4 is 0 Å². The fraction of sp³-hybridized carbons (Fsp3) is 0.350. The lowest BCUT2D eigenvalue weighted by atomic mass is 10.2. The Morgan fingerprint density at radius 2 is 2.04 bits per heavy atom. The first-order valence-electron chi connectivity index (χ1n) is 8.79. The quantitative estimate of drug-likeness (QED) is 0.638. The second kappa shape index (κ2) is 8.69. The summed E-state index contributed by atoms with van der Waals surface area (Å²) >= 11 is 0. The Morgan fingerprint density at radius 1 is 1.23 bits per heavy atom. The van der Waals surface area contributed by atoms with Gasteiger partial charge in [-0.05, 0) is 42.8 Å². The fourth-order valence-corrected chi connectivity index (χ4v) is 3.03. The van der Waals surface area contributed by atoms with Crippen molar-refractivity contribution in [2.24, 2.45) is 0 Å². The number of nitrogens with zero attached hydrogens (tertiary/aromatic N) is 3. The van der Waals surface area contributed by atoms with E-state index in [-0.39, 0.29) is 12.6 Å². The van der Waals surface area contributed by atoms with Crippen molar-refractivity contribution in [2.75, 3.05) is 13.7 Å². The van der Waals surface area contributed by atoms with Crippen LogP contribution in [0.1, 0.15) is 24.9 Å². The van der Waals surface area contributed by atoms with Crippen LogP contribution < -0.4 is 4.74 Å². The minimum absolute atomic E-state index is 0.0427. The van der Waals surface area contributed by atoms with Crippen molar-refractivity contribution in [3.8, 4) is 11.4 Å². The molecule has 0 aliphatic heterocycles. The molecule has 3 aromatic rings. The summed E-state index contributed by atoms with van der Waals surface area (Å²) in [6, 6.07) is 11.7. The maximum atomic E-state index is 9.78. The van der Waals surface area contributed by atoms with E-state index in [1.54, 1.807) is 19.6 Å². The van der Waals surface area contributed by atoms with Gasteiger partial charge in [0.1, 0.15) is 17.3 Å². The number of aliphatic hydroxyl groups is 1. The van der Waals surface area contributed by atoms with Gasteiger partial charge in [-0.25, -0.2) is 4.98 Å². The molecule has 0 spiro atoms. The van der Waals surface area contributed by atoms with Gasteiger partial charge in [-0.1, -0.05) is 6.92 Å². The van der Waals surface area contributed by atoms with Gasteiger partial charge in [-0.2, -0.15) is 0 Å². The van der Waals surface area contributed by atoms with E-state index in [4.69, 9.17) is 9.15 Å². The summed E-state index contributed by atoms with van der Waals surface area (Å²) in [4.78, 5) is 6.73. The van der Waals surface area contributed by atoms with E-state index in [1.165, 1.54) is 0 Å². The van der Waals surface area contributed by atoms with Crippen molar-refractivity contribution in [3.05, 3.63) is 66.6 Å². The average molecular weight is 355 g/mol. The summed E-state index contributed by atoms with van der Waals surface area (Å²) in [7, 11) is 1.66. The van der Waals surface area contributed by atoms with Crippen LogP contribution in [0.2, 0.25) is 0 Å². The monoisotopic (exact) mass is 355 g/mol. The van der Waals surface area contributed by atoms with Crippen LogP contribution in [-0.4, -0.2) is 39.3 Å². The summed E-state index contributed by atoms with van der Waals surface area (Å²) in [5.41, 5.74) is 1.02. The molecule has 1 aromatic carbocycles. The van der Waals surface area contributed by atoms with Gasteiger partial charge in [0.25, 0.3) is 0 Å². The van der Waals surface area contributed by atoms with Crippen molar-refractivity contribution in [1.29, 1.82) is 0 Å². The minimum Gasteiger partial charge on any atom is -0.497 e. The summed E-state index contributed by atoms with van der Waals surface area (Å²) in [5.74, 6) is 2.61. The highest BCUT2D eigenvalue weighted by Crippen LogP contribution is 2.19. The highest BCUT2D eigenvalue weighted by molar-refractivity contribution is 5.38. The summed E-state index contributed by atoms with van der Waals surface area (Å²) in [5, 5.41) is 9.78. The maximum Gasteiger partial charge on any atom is 0.127 e. The number of aliphatic hydroxyl groups excluding tert-OH is 1. The number of hydrogen-bond acceptors (Lipinski definition) is 5. The van der Waals surface area contributed by atoms with E-state index < -0.39 is 0 Å². The highest BCUT2D eigenvalue weighted by atomic mass is 16.5. The Kier molecular flexibility index (Phi) is 6.09. The van der Waals surface area contributed by atoms with E-state index in [1.807, 2.05) is 42.6 Å². The van der Waals surface area contributed by atoms with Crippen LogP contribution in [-0.2, 0) is 13.1 Å². The number of imidazole rings is 1. The zero-order valence-electron chi connectivity index (χ0n) is 15.2. The molecule has 3 rings (SSSR count). The first-order chi connectivity index (χ1) is 12.7. The number of aromatic nitrogens is 2. The van der Waals surface area contributed by atoms with Crippen molar-refractivity contribution < 1.29 is 14.3 Å². The molecule has 6 heteroatoms. The van der Waals surface area contributed by atoms with E-state index in [0.29, 0.717) is 13.1 Å². The largest absolute Gasteiger partial charge is 0.497 e. The average Bonchev–Trinajstić information content (AvgIpc) is 3.35. The van der Waals surface area contributed by atoms with Gasteiger partial charge in [0.15, 0.2) is 0 Å². The summed E-state index contributed by atoms with van der Waals surface area (Å²) in [6.45, 7) is 3.41. The van der Waals surface area contributed by atoms with Crippen LogP contribution in [0.3, 0.4) is 0 Å². The molecule has 138 valence electrons. The third-order valence-corrected chi connectivity index (χ3v) is 4.55. The zero-order chi connectivity index (χ0) is 18.4. The molecule has 0 fully saturated rings. The second-order valence-electron chi connectivity index (χ2n) is 6.14. The van der Waals surface area contributed by atoms with Gasteiger partial charge in [0.2, 0.25) is 0 Å². The smallest absolute Gasteiger partial charge is 0.127 e. The van der Waals surface area contributed by atoms with Crippen molar-refractivity contribution in [1.82, 2.24) is 14.5 Å². The summed E-state index contributed by atoms with van der Waals surface area (Å²) in [6.07, 6.45) is 6.26. The molecular weight excluding hydrogens is 330 g/mol. The molecule has 1 unspecified atom stereocenters. The molecule has 0 aliphatic rings. The van der Waals surface area contributed by atoms with Gasteiger partial charge >= 0.3 is 0 Å². The molecule has 0 saturated carbocycles. The molecule has 2 heterocycles. The SMILES string of the molecule is CCC(CO)N(Cc1ccco1)Cc1nccn1-c1ccc(OC)cc1. The number of methoxy groups -OCH3 is 1. The molecule has 0 radical (unpaired) electrons. The van der Waals surface area contributed by atoms with Crippen LogP contribution in [0.15, 0.2) is 59.5 Å². The lowest BCUT2D eigenvalue weighted by Gasteiger charge is -2.28. The van der Waals surface area contributed by atoms with Gasteiger partial charge in [0.05, 0.1) is 33.1 Å². The Bertz CT molecular complexity index is 777. The Morgan fingerprint density at radius 3 is 2.65 bits per heavy atom. The molecule has 0 bridgehead atoms. The zero-order valence-corrected chi connectivity index (χ0v) is 15.2. The first kappa shape index (κ1) is 18.2. The predicted octanol–water partition coefficient (Wildman–Crippen LogP) is 3.25. The van der Waals surface area contributed by atoms with Crippen molar-refractivity contribution in [2.45, 2.75) is 32.5 Å². The van der Waals surface area contributed by atoms with E-state index in [2.05, 4.69) is 21.4 Å². The van der Waals surface area contributed by atoms with Gasteiger partial charge in [-0.15, -0.1) is 0 Å². The Labute approximate surface area is 153 Å². The van der Waals surface area contributed by atoms with Crippen molar-refractivity contribution in [3.63, 3.8) is 0 Å². The number of ether oxygens (including phenoxy) is 1. The fourth-order valence-electron chi connectivity index (χ4n) is 3.03. The van der Waals surface area contributed by atoms with E-state index in [9.17, 15) is 5.11 Å². The van der Waals surface area contributed by atoms with Gasteiger partial charge in [0, 0.05) is 24.1 Å². The lowest BCUT2D eigenvalue weighted by Crippen LogP contribution is -2.37. The Balaban J connectivity index is 1.83. The molecule has 1 atom stereocenters. The maximum absolute atomic E-state index is 9.78. The molecule has 1 N–H and O–H groups in total. The van der Waals surface area contributed by atoms with Crippen LogP contribution in [0, 0.1) is 0 Å². The van der Waals surface area contributed by atoms with Crippen LogP contribution >= 0.6 is 0 Å². The third kappa shape index (κ3) is 4.15. The second-order valence-corrected chi connectivity index (χ2v) is 6.14. The van der Waals surface area contributed by atoms with Crippen LogP contribution in [0.4, 0.5) is 0 Å². The number of hydrogen-bond donors (Lipinski definition) is 1.